The Bertz CT molecular complexity index is 1180. The molecule has 0 saturated carbocycles. The Morgan fingerprint density at radius 2 is 1.30 bits per heavy atom. The third-order valence-electron chi connectivity index (χ3n) is 6.71. The topological polar surface area (TPSA) is 87.7 Å². The van der Waals surface area contributed by atoms with Gasteiger partial charge in [-0.2, -0.15) is 0 Å². The molecule has 2 aromatic rings. The van der Waals surface area contributed by atoms with Crippen molar-refractivity contribution < 1.29 is 19.1 Å². The Labute approximate surface area is 241 Å². The van der Waals surface area contributed by atoms with Gasteiger partial charge in [-0.25, -0.2) is 4.79 Å². The SMILES string of the molecule is Cc1cccc(C)c1NC(=O)C(c1c(C)cccc1C)N(C(=O)C(CC(C)C)NC(=O)OC(C)(C)C)C(C)(C)C. The normalized spacial score (nSPS) is 13.4. The smallest absolute Gasteiger partial charge is 0.408 e. The Balaban J connectivity index is 2.71. The van der Waals surface area contributed by atoms with E-state index in [9.17, 15) is 14.4 Å². The lowest BCUT2D eigenvalue weighted by Crippen LogP contribution is -2.58. The van der Waals surface area contributed by atoms with Crippen molar-refractivity contribution in [1.29, 1.82) is 0 Å². The Hall–Kier alpha value is -3.35. The fraction of sp³-hybridized carbons (Fsp3) is 0.545. The summed E-state index contributed by atoms with van der Waals surface area (Å²) in [5.74, 6) is -0.539. The summed E-state index contributed by atoms with van der Waals surface area (Å²) in [6.45, 7) is 22.9. The highest BCUT2D eigenvalue weighted by atomic mass is 16.6. The number of carbonyl (C=O) groups is 3. The monoisotopic (exact) mass is 551 g/mol. The molecule has 0 fully saturated rings. The highest BCUT2D eigenvalue weighted by Gasteiger charge is 2.43. The van der Waals surface area contributed by atoms with Crippen molar-refractivity contribution in [2.75, 3.05) is 5.32 Å². The van der Waals surface area contributed by atoms with Crippen LogP contribution in [-0.2, 0) is 14.3 Å². The fourth-order valence-electron chi connectivity index (χ4n) is 4.99. The van der Waals surface area contributed by atoms with Crippen molar-refractivity contribution in [2.24, 2.45) is 5.92 Å². The molecular formula is C33H49N3O4. The maximum atomic E-state index is 14.5. The summed E-state index contributed by atoms with van der Waals surface area (Å²) in [5, 5.41) is 5.96. The zero-order valence-corrected chi connectivity index (χ0v) is 26.5. The lowest BCUT2D eigenvalue weighted by atomic mass is 9.89. The van der Waals surface area contributed by atoms with Gasteiger partial charge in [0.05, 0.1) is 0 Å². The summed E-state index contributed by atoms with van der Waals surface area (Å²) in [7, 11) is 0. The third kappa shape index (κ3) is 8.57. The van der Waals surface area contributed by atoms with E-state index in [4.69, 9.17) is 4.74 Å². The molecule has 0 bridgehead atoms. The average Bonchev–Trinajstić information content (AvgIpc) is 2.77. The van der Waals surface area contributed by atoms with Gasteiger partial charge in [-0.05, 0) is 109 Å². The maximum Gasteiger partial charge on any atom is 0.408 e. The number of nitrogens with zero attached hydrogens (tertiary/aromatic N) is 1. The number of alkyl carbamates (subject to hydrolysis) is 1. The molecule has 0 aliphatic rings. The van der Waals surface area contributed by atoms with Gasteiger partial charge < -0.3 is 20.3 Å². The van der Waals surface area contributed by atoms with E-state index in [0.717, 1.165) is 33.5 Å². The number of carbonyl (C=O) groups excluding carboxylic acids is 3. The molecule has 3 amide bonds. The van der Waals surface area contributed by atoms with Crippen LogP contribution in [0.3, 0.4) is 0 Å². The van der Waals surface area contributed by atoms with Crippen LogP contribution in [0.1, 0.15) is 95.7 Å². The Kier molecular flexibility index (Phi) is 10.6. The second-order valence-electron chi connectivity index (χ2n) is 13.2. The van der Waals surface area contributed by atoms with Crippen molar-refractivity contribution in [1.82, 2.24) is 10.2 Å². The summed E-state index contributed by atoms with van der Waals surface area (Å²) in [4.78, 5) is 43.4. The van der Waals surface area contributed by atoms with Crippen LogP contribution < -0.4 is 10.6 Å². The van der Waals surface area contributed by atoms with Gasteiger partial charge >= 0.3 is 6.09 Å². The quantitative estimate of drug-likeness (QED) is 0.364. The van der Waals surface area contributed by atoms with Crippen LogP contribution in [0.15, 0.2) is 36.4 Å². The van der Waals surface area contributed by atoms with E-state index < -0.39 is 29.3 Å². The van der Waals surface area contributed by atoms with E-state index in [1.54, 1.807) is 25.7 Å². The molecule has 0 radical (unpaired) electrons. The number of rotatable bonds is 8. The molecule has 0 aliphatic carbocycles. The summed E-state index contributed by atoms with van der Waals surface area (Å²) in [6, 6.07) is 9.89. The zero-order chi connectivity index (χ0) is 30.6. The second-order valence-corrected chi connectivity index (χ2v) is 13.2. The van der Waals surface area contributed by atoms with E-state index in [-0.39, 0.29) is 17.7 Å². The molecule has 40 heavy (non-hydrogen) atoms. The number of ether oxygens (including phenoxy) is 1. The molecular weight excluding hydrogens is 502 g/mol. The Morgan fingerprint density at radius 3 is 1.73 bits per heavy atom. The van der Waals surface area contributed by atoms with Gasteiger partial charge in [0.25, 0.3) is 5.91 Å². The molecule has 2 N–H and O–H groups in total. The number of benzene rings is 2. The largest absolute Gasteiger partial charge is 0.444 e. The van der Waals surface area contributed by atoms with E-state index in [1.165, 1.54) is 0 Å². The van der Waals surface area contributed by atoms with Gasteiger partial charge in [0, 0.05) is 11.2 Å². The number of hydrogen-bond acceptors (Lipinski definition) is 4. The molecule has 7 heteroatoms. The van der Waals surface area contributed by atoms with Gasteiger partial charge in [0.15, 0.2) is 0 Å². The number of aryl methyl sites for hydroxylation is 4. The van der Waals surface area contributed by atoms with Gasteiger partial charge in [0.2, 0.25) is 5.91 Å². The maximum absolute atomic E-state index is 14.5. The van der Waals surface area contributed by atoms with Crippen molar-refractivity contribution in [3.8, 4) is 0 Å². The minimum atomic E-state index is -0.942. The summed E-state index contributed by atoms with van der Waals surface area (Å²) < 4.78 is 5.50. The molecule has 2 atom stereocenters. The van der Waals surface area contributed by atoms with Crippen molar-refractivity contribution in [3.05, 3.63) is 64.2 Å². The van der Waals surface area contributed by atoms with Gasteiger partial charge in [-0.3, -0.25) is 9.59 Å². The summed E-state index contributed by atoms with van der Waals surface area (Å²) in [5.41, 5.74) is 3.71. The Morgan fingerprint density at radius 1 is 0.825 bits per heavy atom. The predicted octanol–water partition coefficient (Wildman–Crippen LogP) is 7.17. The fourth-order valence-corrected chi connectivity index (χ4v) is 4.99. The minimum Gasteiger partial charge on any atom is -0.444 e. The van der Waals surface area contributed by atoms with Crippen LogP contribution in [-0.4, -0.2) is 40.0 Å². The molecule has 220 valence electrons. The molecule has 2 rings (SSSR count). The lowest BCUT2D eigenvalue weighted by molar-refractivity contribution is -0.147. The van der Waals surface area contributed by atoms with Crippen LogP contribution in [0, 0.1) is 33.6 Å². The van der Waals surface area contributed by atoms with Gasteiger partial charge in [-0.1, -0.05) is 50.2 Å². The standard InChI is InChI=1S/C33H49N3O4/c1-20(2)19-25(34-31(39)40-33(10,11)12)30(38)36(32(7,8)9)28(26-21(3)15-13-16-22(26)4)29(37)35-27-23(5)17-14-18-24(27)6/h13-18,20,25,28H,19H2,1-12H3,(H,34,39)(H,35,37). The first kappa shape index (κ1) is 32.9. The molecule has 0 aromatic heterocycles. The summed E-state index contributed by atoms with van der Waals surface area (Å²) >= 11 is 0. The van der Waals surface area contributed by atoms with Crippen LogP contribution >= 0.6 is 0 Å². The number of hydrogen-bond donors (Lipinski definition) is 2. The average molecular weight is 552 g/mol. The third-order valence-corrected chi connectivity index (χ3v) is 6.71. The summed E-state index contributed by atoms with van der Waals surface area (Å²) in [6.07, 6.45) is -0.271. The zero-order valence-electron chi connectivity index (χ0n) is 26.5. The van der Waals surface area contributed by atoms with Crippen LogP contribution in [0.25, 0.3) is 0 Å². The first-order valence-corrected chi connectivity index (χ1v) is 14.1. The minimum absolute atomic E-state index is 0.104. The molecule has 0 saturated heterocycles. The van der Waals surface area contributed by atoms with Crippen LogP contribution in [0.2, 0.25) is 0 Å². The molecule has 0 heterocycles. The van der Waals surface area contributed by atoms with E-state index in [1.807, 2.05) is 98.7 Å². The molecule has 0 spiro atoms. The van der Waals surface area contributed by atoms with Gasteiger partial charge in [-0.15, -0.1) is 0 Å². The van der Waals surface area contributed by atoms with E-state index in [2.05, 4.69) is 10.6 Å². The van der Waals surface area contributed by atoms with Gasteiger partial charge in [0.1, 0.15) is 17.7 Å². The second kappa shape index (κ2) is 12.9. The molecule has 7 nitrogen and oxygen atoms in total. The van der Waals surface area contributed by atoms with Crippen LogP contribution in [0.5, 0.6) is 0 Å². The van der Waals surface area contributed by atoms with E-state index >= 15 is 0 Å². The number of nitrogens with one attached hydrogen (secondary N) is 2. The predicted molar refractivity (Wildman–Crippen MR) is 162 cm³/mol. The van der Waals surface area contributed by atoms with Crippen molar-refractivity contribution in [3.63, 3.8) is 0 Å². The highest BCUT2D eigenvalue weighted by molar-refractivity contribution is 6.00. The highest BCUT2D eigenvalue weighted by Crippen LogP contribution is 2.35. The molecule has 2 aromatic carbocycles. The first-order valence-electron chi connectivity index (χ1n) is 14.1. The van der Waals surface area contributed by atoms with Crippen LogP contribution in [0.4, 0.5) is 10.5 Å². The lowest BCUT2D eigenvalue weighted by Gasteiger charge is -2.44. The number of amides is 3. The van der Waals surface area contributed by atoms with Crippen molar-refractivity contribution >= 4 is 23.6 Å². The number of anilines is 1. The van der Waals surface area contributed by atoms with E-state index in [0.29, 0.717) is 6.42 Å². The molecule has 0 aliphatic heterocycles. The first-order chi connectivity index (χ1) is 18.3. The van der Waals surface area contributed by atoms with Crippen molar-refractivity contribution in [2.45, 2.75) is 113 Å². The molecule has 2 unspecified atom stereocenters. The number of para-hydroxylation sites is 1.